The summed E-state index contributed by atoms with van der Waals surface area (Å²) in [6.45, 7) is 7.29. The number of aromatic nitrogens is 1. The number of pyridine rings is 1. The molecule has 3 rings (SSSR count). The molecule has 2 aromatic carbocycles. The number of thioether (sulfide) groups is 1. The second kappa shape index (κ2) is 10.7. The van der Waals surface area contributed by atoms with Gasteiger partial charge in [0.15, 0.2) is 0 Å². The van der Waals surface area contributed by atoms with Crippen LogP contribution in [-0.4, -0.2) is 22.6 Å². The molecule has 0 saturated heterocycles. The van der Waals surface area contributed by atoms with Gasteiger partial charge in [-0.3, -0.25) is 10.1 Å². The Kier molecular flexibility index (Phi) is 8.00. The number of nitrogens with one attached hydrogen (secondary N) is 2. The summed E-state index contributed by atoms with van der Waals surface area (Å²) in [5.74, 6) is 0.809. The second-order valence-electron chi connectivity index (χ2n) is 8.38. The standard InChI is InChI=1S/C25H26ClN3O3S/c1-16-13-18(9-10-20(16)26)28-23(30)19-7-5-6-8-21(19)33-15-17-11-12-27-22(14-17)29-24(31)32-25(2,3)4/h5-14H,15H2,1-4H3,(H,28,30)(H,27,29,31). The van der Waals surface area contributed by atoms with Gasteiger partial charge in [-0.25, -0.2) is 9.78 Å². The first kappa shape index (κ1) is 24.6. The van der Waals surface area contributed by atoms with E-state index in [0.29, 0.717) is 27.8 Å². The summed E-state index contributed by atoms with van der Waals surface area (Å²) in [7, 11) is 0. The van der Waals surface area contributed by atoms with Crippen LogP contribution in [0.15, 0.2) is 65.7 Å². The van der Waals surface area contributed by atoms with Crippen molar-refractivity contribution in [2.45, 2.75) is 43.9 Å². The van der Waals surface area contributed by atoms with E-state index in [2.05, 4.69) is 15.6 Å². The molecule has 1 aromatic heterocycles. The van der Waals surface area contributed by atoms with Crippen molar-refractivity contribution < 1.29 is 14.3 Å². The first-order valence-electron chi connectivity index (χ1n) is 10.3. The molecule has 0 saturated carbocycles. The Balaban J connectivity index is 1.67. The lowest BCUT2D eigenvalue weighted by molar-refractivity contribution is 0.0635. The molecule has 8 heteroatoms. The van der Waals surface area contributed by atoms with Crippen LogP contribution in [0, 0.1) is 6.92 Å². The number of ether oxygens (including phenoxy) is 1. The lowest BCUT2D eigenvalue weighted by Gasteiger charge is -2.19. The van der Waals surface area contributed by atoms with Gasteiger partial charge >= 0.3 is 6.09 Å². The van der Waals surface area contributed by atoms with E-state index < -0.39 is 11.7 Å². The van der Waals surface area contributed by atoms with E-state index >= 15 is 0 Å². The quantitative estimate of drug-likeness (QED) is 0.371. The molecule has 3 aromatic rings. The molecule has 2 amide bonds. The third-order valence-electron chi connectivity index (χ3n) is 4.40. The van der Waals surface area contributed by atoms with Gasteiger partial charge in [0.1, 0.15) is 11.4 Å². The van der Waals surface area contributed by atoms with E-state index in [1.807, 2.05) is 37.3 Å². The molecule has 0 spiro atoms. The van der Waals surface area contributed by atoms with Gasteiger partial charge in [0.25, 0.3) is 5.91 Å². The summed E-state index contributed by atoms with van der Waals surface area (Å²) >= 11 is 7.60. The normalized spacial score (nSPS) is 11.1. The largest absolute Gasteiger partial charge is 0.444 e. The Morgan fingerprint density at radius 1 is 1.06 bits per heavy atom. The number of hydrogen-bond acceptors (Lipinski definition) is 5. The van der Waals surface area contributed by atoms with Crippen molar-refractivity contribution in [3.8, 4) is 0 Å². The van der Waals surface area contributed by atoms with Crippen LogP contribution in [0.3, 0.4) is 0 Å². The van der Waals surface area contributed by atoms with Crippen molar-refractivity contribution in [3.63, 3.8) is 0 Å². The minimum atomic E-state index is -0.591. The zero-order valence-electron chi connectivity index (χ0n) is 18.9. The molecular formula is C25H26ClN3O3S. The van der Waals surface area contributed by atoms with E-state index in [9.17, 15) is 9.59 Å². The van der Waals surface area contributed by atoms with Crippen molar-refractivity contribution >= 4 is 46.9 Å². The van der Waals surface area contributed by atoms with Gasteiger partial charge in [0.05, 0.1) is 5.56 Å². The van der Waals surface area contributed by atoms with Crippen LogP contribution >= 0.6 is 23.4 Å². The summed E-state index contributed by atoms with van der Waals surface area (Å²) in [5.41, 5.74) is 2.52. The number of rotatable bonds is 6. The monoisotopic (exact) mass is 483 g/mol. The summed E-state index contributed by atoms with van der Waals surface area (Å²) in [6, 6.07) is 16.5. The number of amides is 2. The van der Waals surface area contributed by atoms with Crippen LogP contribution in [0.25, 0.3) is 0 Å². The van der Waals surface area contributed by atoms with Crippen molar-refractivity contribution in [3.05, 3.63) is 82.5 Å². The van der Waals surface area contributed by atoms with Gasteiger partial charge < -0.3 is 10.1 Å². The number of carbonyl (C=O) groups is 2. The van der Waals surface area contributed by atoms with Crippen LogP contribution < -0.4 is 10.6 Å². The van der Waals surface area contributed by atoms with Crippen molar-refractivity contribution in [2.75, 3.05) is 10.6 Å². The second-order valence-corrected chi connectivity index (χ2v) is 9.80. The maximum Gasteiger partial charge on any atom is 0.413 e. The molecule has 1 heterocycles. The lowest BCUT2D eigenvalue weighted by Crippen LogP contribution is -2.27. The Hall–Kier alpha value is -3.03. The molecule has 0 radical (unpaired) electrons. The molecule has 0 unspecified atom stereocenters. The van der Waals surface area contributed by atoms with E-state index in [0.717, 1.165) is 16.0 Å². The maximum absolute atomic E-state index is 12.9. The van der Waals surface area contributed by atoms with Crippen LogP contribution in [0.2, 0.25) is 5.02 Å². The highest BCUT2D eigenvalue weighted by Gasteiger charge is 2.17. The van der Waals surface area contributed by atoms with E-state index in [1.54, 1.807) is 51.2 Å². The molecule has 6 nitrogen and oxygen atoms in total. The molecule has 0 aliphatic carbocycles. The smallest absolute Gasteiger partial charge is 0.413 e. The average molecular weight is 484 g/mol. The van der Waals surface area contributed by atoms with Crippen LogP contribution in [-0.2, 0) is 10.5 Å². The number of aryl methyl sites for hydroxylation is 1. The number of nitrogens with zero attached hydrogens (tertiary/aromatic N) is 1. The molecule has 0 fully saturated rings. The zero-order chi connectivity index (χ0) is 24.0. The molecule has 0 aliphatic rings. The molecule has 0 bridgehead atoms. The van der Waals surface area contributed by atoms with Gasteiger partial charge in [-0.2, -0.15) is 0 Å². The predicted octanol–water partition coefficient (Wildman–Crippen LogP) is 6.94. The van der Waals surface area contributed by atoms with Gasteiger partial charge in [0.2, 0.25) is 0 Å². The molecule has 33 heavy (non-hydrogen) atoms. The fraction of sp³-hybridized carbons (Fsp3) is 0.240. The molecular weight excluding hydrogens is 458 g/mol. The maximum atomic E-state index is 12.9. The number of anilines is 2. The highest BCUT2D eigenvalue weighted by atomic mass is 35.5. The molecule has 172 valence electrons. The first-order chi connectivity index (χ1) is 15.6. The highest BCUT2D eigenvalue weighted by molar-refractivity contribution is 7.98. The van der Waals surface area contributed by atoms with E-state index in [4.69, 9.17) is 16.3 Å². The van der Waals surface area contributed by atoms with Crippen molar-refractivity contribution in [1.82, 2.24) is 4.98 Å². The molecule has 2 N–H and O–H groups in total. The van der Waals surface area contributed by atoms with Crippen LogP contribution in [0.1, 0.15) is 42.3 Å². The van der Waals surface area contributed by atoms with Gasteiger partial charge in [0, 0.05) is 27.6 Å². The minimum Gasteiger partial charge on any atom is -0.444 e. The third kappa shape index (κ3) is 7.51. The Morgan fingerprint density at radius 3 is 2.55 bits per heavy atom. The zero-order valence-corrected chi connectivity index (χ0v) is 20.5. The number of carbonyl (C=O) groups excluding carboxylic acids is 2. The van der Waals surface area contributed by atoms with Gasteiger partial charge in [-0.1, -0.05) is 23.7 Å². The van der Waals surface area contributed by atoms with Crippen molar-refractivity contribution in [1.29, 1.82) is 0 Å². The summed E-state index contributed by atoms with van der Waals surface area (Å²) < 4.78 is 5.27. The third-order valence-corrected chi connectivity index (χ3v) is 5.96. The molecule has 0 aliphatic heterocycles. The minimum absolute atomic E-state index is 0.193. The number of benzene rings is 2. The lowest BCUT2D eigenvalue weighted by atomic mass is 10.2. The van der Waals surface area contributed by atoms with Crippen molar-refractivity contribution in [2.24, 2.45) is 0 Å². The Morgan fingerprint density at radius 2 is 1.82 bits per heavy atom. The SMILES string of the molecule is Cc1cc(NC(=O)c2ccccc2SCc2ccnc(NC(=O)OC(C)(C)C)c2)ccc1Cl. The summed E-state index contributed by atoms with van der Waals surface area (Å²) in [5, 5.41) is 6.23. The Labute approximate surface area is 203 Å². The molecule has 0 atom stereocenters. The fourth-order valence-electron chi connectivity index (χ4n) is 2.90. The van der Waals surface area contributed by atoms with Gasteiger partial charge in [-0.15, -0.1) is 11.8 Å². The van der Waals surface area contributed by atoms with E-state index in [1.165, 1.54) is 11.8 Å². The number of halogens is 1. The van der Waals surface area contributed by atoms with Gasteiger partial charge in [-0.05, 0) is 81.3 Å². The topological polar surface area (TPSA) is 80.3 Å². The first-order valence-corrected chi connectivity index (χ1v) is 11.7. The number of hydrogen-bond donors (Lipinski definition) is 2. The summed E-state index contributed by atoms with van der Waals surface area (Å²) in [6.07, 6.45) is 1.07. The Bertz CT molecular complexity index is 1160. The van der Waals surface area contributed by atoms with Crippen LogP contribution in [0.4, 0.5) is 16.3 Å². The average Bonchev–Trinajstić information content (AvgIpc) is 2.74. The summed E-state index contributed by atoms with van der Waals surface area (Å²) in [4.78, 5) is 29.9. The van der Waals surface area contributed by atoms with E-state index in [-0.39, 0.29) is 5.91 Å². The highest BCUT2D eigenvalue weighted by Crippen LogP contribution is 2.28. The fourth-order valence-corrected chi connectivity index (χ4v) is 4.01. The predicted molar refractivity (Wildman–Crippen MR) is 134 cm³/mol. The van der Waals surface area contributed by atoms with Crippen LogP contribution in [0.5, 0.6) is 0 Å².